The number of nitrogens with zero attached hydrogens (tertiary/aromatic N) is 1. The molecule has 0 aliphatic carbocycles. The third-order valence-electron chi connectivity index (χ3n) is 6.87. The third kappa shape index (κ3) is 10.5. The molecule has 1 aliphatic heterocycles. The van der Waals surface area contributed by atoms with Crippen LogP contribution in [0, 0.1) is 36.0 Å². The molecule has 1 aliphatic rings. The molecule has 4 unspecified atom stereocenters. The maximum atomic E-state index is 12.8. The first-order chi connectivity index (χ1) is 15.9. The van der Waals surface area contributed by atoms with Gasteiger partial charge < -0.3 is 14.8 Å². The van der Waals surface area contributed by atoms with Crippen molar-refractivity contribution in [3.8, 4) is 0 Å². The largest absolute Gasteiger partial charge is 0.449 e. The van der Waals surface area contributed by atoms with Crippen molar-refractivity contribution in [2.75, 3.05) is 6.54 Å². The van der Waals surface area contributed by atoms with E-state index >= 15 is 0 Å². The Labute approximate surface area is 207 Å². The van der Waals surface area contributed by atoms with Crippen LogP contribution in [0.3, 0.4) is 0 Å². The molecule has 6 heteroatoms. The summed E-state index contributed by atoms with van der Waals surface area (Å²) in [6, 6.07) is 0. The minimum Gasteiger partial charge on any atom is -0.449 e. The predicted octanol–water partition coefficient (Wildman–Crippen LogP) is 5.97. The Morgan fingerprint density at radius 2 is 1.71 bits per heavy atom. The lowest BCUT2D eigenvalue weighted by molar-refractivity contribution is -0.139. The van der Waals surface area contributed by atoms with Gasteiger partial charge in [0.2, 0.25) is 5.91 Å². The number of aromatic nitrogens is 1. The molecule has 0 radical (unpaired) electrons. The zero-order valence-electron chi connectivity index (χ0n) is 22.7. The molecule has 1 aromatic rings. The summed E-state index contributed by atoms with van der Waals surface area (Å²) in [5, 5.41) is 13.4. The molecule has 1 aromatic heterocycles. The summed E-state index contributed by atoms with van der Waals surface area (Å²) >= 11 is 0. The van der Waals surface area contributed by atoms with Crippen LogP contribution in [0.1, 0.15) is 98.6 Å². The average molecular weight is 477 g/mol. The number of oxazole rings is 1. The van der Waals surface area contributed by atoms with E-state index in [1.807, 2.05) is 32.9 Å². The maximum Gasteiger partial charge on any atom is 0.222 e. The van der Waals surface area contributed by atoms with E-state index in [1.54, 1.807) is 20.1 Å². The van der Waals surface area contributed by atoms with E-state index < -0.39 is 11.5 Å². The molecule has 34 heavy (non-hydrogen) atoms. The molecule has 0 spiro atoms. The topological polar surface area (TPSA) is 92.4 Å². The summed E-state index contributed by atoms with van der Waals surface area (Å²) in [4.78, 5) is 29.0. The lowest BCUT2D eigenvalue weighted by Gasteiger charge is -2.32. The van der Waals surface area contributed by atoms with Gasteiger partial charge in [-0.3, -0.25) is 9.59 Å². The summed E-state index contributed by atoms with van der Waals surface area (Å²) in [7, 11) is 0. The number of hydrogen-bond donors (Lipinski definition) is 2. The van der Waals surface area contributed by atoms with E-state index in [9.17, 15) is 14.7 Å². The number of ketones is 1. The van der Waals surface area contributed by atoms with Gasteiger partial charge in [-0.05, 0) is 43.6 Å². The van der Waals surface area contributed by atoms with Gasteiger partial charge in [-0.15, -0.1) is 0 Å². The Kier molecular flexibility index (Phi) is 12.8. The molecular formula is C28H48N2O4. The van der Waals surface area contributed by atoms with Crippen LogP contribution in [-0.2, 0) is 9.59 Å². The second kappa shape index (κ2) is 14.4. The van der Waals surface area contributed by atoms with Gasteiger partial charge in [-0.2, -0.15) is 0 Å². The summed E-state index contributed by atoms with van der Waals surface area (Å²) in [6.45, 7) is 16.6. The van der Waals surface area contributed by atoms with Crippen LogP contribution in [0.25, 0.3) is 6.08 Å². The number of allylic oxidation sites excluding steroid dienone is 1. The van der Waals surface area contributed by atoms with Crippen molar-refractivity contribution in [1.29, 1.82) is 0 Å². The maximum absolute atomic E-state index is 12.8. The Balaban J connectivity index is 0.000000533. The van der Waals surface area contributed by atoms with E-state index in [0.717, 1.165) is 25.0 Å². The second-order valence-electron chi connectivity index (χ2n) is 11.0. The fraction of sp³-hybridized carbons (Fsp3) is 0.750. The Hall–Kier alpha value is -1.95. The van der Waals surface area contributed by atoms with Crippen molar-refractivity contribution in [2.45, 2.75) is 100 Å². The fourth-order valence-electron chi connectivity index (χ4n) is 4.75. The molecule has 2 rings (SSSR count). The number of nitrogens with one attached hydrogen (secondary N) is 1. The van der Waals surface area contributed by atoms with Crippen LogP contribution < -0.4 is 5.32 Å². The highest BCUT2D eigenvalue weighted by Crippen LogP contribution is 2.31. The van der Waals surface area contributed by atoms with Gasteiger partial charge in [0.25, 0.3) is 0 Å². The van der Waals surface area contributed by atoms with Crippen molar-refractivity contribution in [3.05, 3.63) is 23.9 Å². The lowest BCUT2D eigenvalue weighted by Crippen LogP contribution is -2.43. The molecule has 6 nitrogen and oxygen atoms in total. The van der Waals surface area contributed by atoms with E-state index in [2.05, 4.69) is 31.1 Å². The van der Waals surface area contributed by atoms with Crippen molar-refractivity contribution in [3.63, 3.8) is 0 Å². The number of aryl methyl sites for hydroxylation is 1. The normalized spacial score (nSPS) is 29.9. The molecule has 2 heterocycles. The van der Waals surface area contributed by atoms with E-state index in [-0.39, 0.29) is 24.0 Å². The van der Waals surface area contributed by atoms with Gasteiger partial charge in [-0.1, -0.05) is 66.9 Å². The van der Waals surface area contributed by atoms with Crippen LogP contribution in [0.2, 0.25) is 0 Å². The minimum atomic E-state index is -0.945. The number of aliphatic hydroxyl groups is 1. The van der Waals surface area contributed by atoms with Gasteiger partial charge in [0.05, 0.1) is 17.9 Å². The molecule has 194 valence electrons. The van der Waals surface area contributed by atoms with Crippen molar-refractivity contribution >= 4 is 17.8 Å². The zero-order valence-corrected chi connectivity index (χ0v) is 22.7. The summed E-state index contributed by atoms with van der Waals surface area (Å²) in [5.74, 6) is 2.10. The summed E-state index contributed by atoms with van der Waals surface area (Å²) in [6.07, 6.45) is 10.0. The Morgan fingerprint density at radius 1 is 1.09 bits per heavy atom. The molecule has 1 amide bonds. The highest BCUT2D eigenvalue weighted by molar-refractivity contribution is 5.87. The van der Waals surface area contributed by atoms with E-state index in [1.165, 1.54) is 12.8 Å². The van der Waals surface area contributed by atoms with Crippen LogP contribution in [0.5, 0.6) is 0 Å². The van der Waals surface area contributed by atoms with Crippen LogP contribution in [-0.4, -0.2) is 34.4 Å². The summed E-state index contributed by atoms with van der Waals surface area (Å²) < 4.78 is 4.95. The highest BCUT2D eigenvalue weighted by atomic mass is 16.3. The number of hydrogen-bond acceptors (Lipinski definition) is 5. The first kappa shape index (κ1) is 30.1. The minimum absolute atomic E-state index is 0.0106. The molecule has 0 aromatic carbocycles. The van der Waals surface area contributed by atoms with Crippen LogP contribution >= 0.6 is 0 Å². The molecule has 1 fully saturated rings. The van der Waals surface area contributed by atoms with Crippen LogP contribution in [0.4, 0.5) is 0 Å². The standard InChI is InChI=1S/C21H39NO3.C7H9NO/c1-14-8-7-9-15(2)11-17(4)20(25)21(5,6)18(23)12-19(24)22-13-16(3)10-14;1-3-4-7-5-9-6(2)8-7/h14-18,23H,7-13H2,1-6H3,(H,22,24);3-5H,1-2H3/b;4-3-/t14?,15?,16-,17?,18?;/m0./s1. The smallest absolute Gasteiger partial charge is 0.222 e. The number of rotatable bonds is 1. The predicted molar refractivity (Wildman–Crippen MR) is 138 cm³/mol. The SMILES string of the molecule is C/C=C\c1coc(C)n1.CC1CCCC(C)C[C@H](C)CNC(=O)CC(O)C(C)(C)C(=O)C(C)C1. The quantitative estimate of drug-likeness (QED) is 0.521. The molecular weight excluding hydrogens is 428 g/mol. The Bertz CT molecular complexity index is 783. The monoisotopic (exact) mass is 476 g/mol. The molecule has 0 saturated carbocycles. The second-order valence-corrected chi connectivity index (χ2v) is 11.0. The number of carbonyl (C=O) groups is 2. The van der Waals surface area contributed by atoms with Gasteiger partial charge in [0, 0.05) is 19.4 Å². The summed E-state index contributed by atoms with van der Waals surface area (Å²) in [5.41, 5.74) is -0.0109. The van der Waals surface area contributed by atoms with Crippen LogP contribution in [0.15, 0.2) is 16.8 Å². The average Bonchev–Trinajstić information content (AvgIpc) is 3.16. The highest BCUT2D eigenvalue weighted by Gasteiger charge is 2.39. The molecule has 1 saturated heterocycles. The number of amides is 1. The lowest BCUT2D eigenvalue weighted by atomic mass is 9.74. The van der Waals surface area contributed by atoms with Gasteiger partial charge in [0.15, 0.2) is 5.89 Å². The van der Waals surface area contributed by atoms with E-state index in [4.69, 9.17) is 4.42 Å². The first-order valence-corrected chi connectivity index (χ1v) is 12.9. The van der Waals surface area contributed by atoms with Crippen molar-refractivity contribution < 1.29 is 19.1 Å². The molecule has 5 atom stereocenters. The van der Waals surface area contributed by atoms with Crippen molar-refractivity contribution in [2.24, 2.45) is 29.1 Å². The molecule has 0 bridgehead atoms. The fourth-order valence-corrected chi connectivity index (χ4v) is 4.75. The first-order valence-electron chi connectivity index (χ1n) is 12.9. The number of carbonyl (C=O) groups excluding carboxylic acids is 2. The van der Waals surface area contributed by atoms with Gasteiger partial charge >= 0.3 is 0 Å². The van der Waals surface area contributed by atoms with E-state index in [0.29, 0.717) is 30.2 Å². The third-order valence-corrected chi connectivity index (χ3v) is 6.87. The molecule has 2 N–H and O–H groups in total. The van der Waals surface area contributed by atoms with Gasteiger partial charge in [0.1, 0.15) is 17.7 Å². The number of aliphatic hydroxyl groups excluding tert-OH is 1. The van der Waals surface area contributed by atoms with Gasteiger partial charge in [-0.25, -0.2) is 4.98 Å². The number of Topliss-reactive ketones (excluding diaryl/α,β-unsaturated/α-hetero) is 1. The Morgan fingerprint density at radius 3 is 2.26 bits per heavy atom. The van der Waals surface area contributed by atoms with Crippen molar-refractivity contribution in [1.82, 2.24) is 10.3 Å². The zero-order chi connectivity index (χ0) is 25.9.